The molecule has 0 spiro atoms. The van der Waals surface area contributed by atoms with Crippen LogP contribution in [-0.4, -0.2) is 11.4 Å². The van der Waals surface area contributed by atoms with E-state index < -0.39 is 17.3 Å². The zero-order chi connectivity index (χ0) is 17.2. The van der Waals surface area contributed by atoms with Gasteiger partial charge in [0.15, 0.2) is 5.82 Å². The number of hydrogen-bond acceptors (Lipinski definition) is 3. The van der Waals surface area contributed by atoms with Crippen LogP contribution >= 0.6 is 23.2 Å². The largest absolute Gasteiger partial charge is 0.399 e. The molecule has 23 heavy (non-hydrogen) atoms. The fraction of sp³-hybridized carbons (Fsp3) is 0.188. The number of anilines is 2. The Kier molecular flexibility index (Phi) is 5.14. The van der Waals surface area contributed by atoms with Gasteiger partial charge in [-0.15, -0.1) is 0 Å². The molecular formula is C16H16Cl2FN3O. The average molecular weight is 356 g/mol. The summed E-state index contributed by atoms with van der Waals surface area (Å²) in [7, 11) is 0. The molecule has 1 atom stereocenters. The van der Waals surface area contributed by atoms with E-state index in [-0.39, 0.29) is 15.7 Å². The van der Waals surface area contributed by atoms with Crippen LogP contribution in [0.1, 0.15) is 12.5 Å². The van der Waals surface area contributed by atoms with Gasteiger partial charge in [-0.25, -0.2) is 4.39 Å². The van der Waals surface area contributed by atoms with Crippen LogP contribution in [-0.2, 0) is 11.2 Å². The molecule has 0 aliphatic rings. The molecule has 0 unspecified atom stereocenters. The lowest BCUT2D eigenvalue weighted by Crippen LogP contribution is -2.50. The van der Waals surface area contributed by atoms with Crippen LogP contribution in [0.3, 0.4) is 0 Å². The van der Waals surface area contributed by atoms with Crippen LogP contribution in [0.25, 0.3) is 0 Å². The van der Waals surface area contributed by atoms with Gasteiger partial charge in [0, 0.05) is 11.4 Å². The number of nitrogens with one attached hydrogen (secondary N) is 1. The SMILES string of the molecule is C[C@@](N)(Cc1ccc(N)cc1)C(=O)Nc1cc(Cl)c(F)c(Cl)c1. The molecule has 0 heterocycles. The van der Waals surface area contributed by atoms with E-state index in [1.807, 2.05) is 0 Å². The number of amides is 1. The topological polar surface area (TPSA) is 81.1 Å². The summed E-state index contributed by atoms with van der Waals surface area (Å²) < 4.78 is 13.4. The minimum Gasteiger partial charge on any atom is -0.399 e. The lowest BCUT2D eigenvalue weighted by molar-refractivity contribution is -0.120. The van der Waals surface area contributed by atoms with Crippen molar-refractivity contribution in [2.45, 2.75) is 18.9 Å². The van der Waals surface area contributed by atoms with Crippen molar-refractivity contribution >= 4 is 40.5 Å². The van der Waals surface area contributed by atoms with Crippen molar-refractivity contribution in [3.05, 3.63) is 57.8 Å². The molecule has 1 amide bonds. The number of hydrogen-bond donors (Lipinski definition) is 3. The van der Waals surface area contributed by atoms with E-state index in [1.165, 1.54) is 12.1 Å². The highest BCUT2D eigenvalue weighted by Gasteiger charge is 2.29. The fourth-order valence-electron chi connectivity index (χ4n) is 2.04. The third-order valence-corrected chi connectivity index (χ3v) is 3.86. The number of carbonyl (C=O) groups is 1. The van der Waals surface area contributed by atoms with Crippen molar-refractivity contribution in [2.24, 2.45) is 5.73 Å². The van der Waals surface area contributed by atoms with Crippen molar-refractivity contribution < 1.29 is 9.18 Å². The van der Waals surface area contributed by atoms with Gasteiger partial charge in [-0.05, 0) is 43.2 Å². The Hall–Kier alpha value is -1.82. The zero-order valence-electron chi connectivity index (χ0n) is 12.4. The first-order valence-corrected chi connectivity index (χ1v) is 7.54. The molecule has 0 saturated heterocycles. The summed E-state index contributed by atoms with van der Waals surface area (Å²) in [5.41, 5.74) is 12.3. The summed E-state index contributed by atoms with van der Waals surface area (Å²) in [5.74, 6) is -1.17. The molecule has 0 aromatic heterocycles. The summed E-state index contributed by atoms with van der Waals surface area (Å²) in [6, 6.07) is 9.64. The van der Waals surface area contributed by atoms with Gasteiger partial charge in [0.1, 0.15) is 0 Å². The Morgan fingerprint density at radius 1 is 1.22 bits per heavy atom. The highest BCUT2D eigenvalue weighted by Crippen LogP contribution is 2.28. The Morgan fingerprint density at radius 3 is 2.26 bits per heavy atom. The molecule has 0 aliphatic carbocycles. The first-order chi connectivity index (χ1) is 10.7. The number of halogens is 3. The van der Waals surface area contributed by atoms with Crippen molar-refractivity contribution in [3.63, 3.8) is 0 Å². The molecule has 122 valence electrons. The zero-order valence-corrected chi connectivity index (χ0v) is 13.9. The number of nitrogens with two attached hydrogens (primary N) is 2. The summed E-state index contributed by atoms with van der Waals surface area (Å²) in [6.07, 6.45) is 0.307. The number of nitrogen functional groups attached to an aromatic ring is 1. The number of carbonyl (C=O) groups excluding carboxylic acids is 1. The van der Waals surface area contributed by atoms with Crippen molar-refractivity contribution in [1.82, 2.24) is 0 Å². The molecule has 7 heteroatoms. The standard InChI is InChI=1S/C16H16Cl2FN3O/c1-16(21,8-9-2-4-10(20)5-3-9)15(23)22-11-6-12(17)14(19)13(18)7-11/h2-7H,8,20-21H2,1H3,(H,22,23)/t16-/m1/s1. The van der Waals surface area contributed by atoms with Crippen LogP contribution in [0.2, 0.25) is 10.0 Å². The maximum atomic E-state index is 13.4. The van der Waals surface area contributed by atoms with E-state index >= 15 is 0 Å². The van der Waals surface area contributed by atoms with E-state index in [0.29, 0.717) is 12.1 Å². The fourth-order valence-corrected chi connectivity index (χ4v) is 2.53. The maximum absolute atomic E-state index is 13.4. The molecule has 0 saturated carbocycles. The Morgan fingerprint density at radius 2 is 1.74 bits per heavy atom. The Balaban J connectivity index is 2.13. The minimum absolute atomic E-state index is 0.176. The number of rotatable bonds is 4. The molecule has 0 aliphatic heterocycles. The van der Waals surface area contributed by atoms with Crippen LogP contribution in [0, 0.1) is 5.82 Å². The molecule has 5 N–H and O–H groups in total. The Bertz CT molecular complexity index is 710. The lowest BCUT2D eigenvalue weighted by Gasteiger charge is -2.24. The van der Waals surface area contributed by atoms with Gasteiger partial charge < -0.3 is 16.8 Å². The van der Waals surface area contributed by atoms with Gasteiger partial charge in [-0.3, -0.25) is 4.79 Å². The van der Waals surface area contributed by atoms with E-state index in [2.05, 4.69) is 5.32 Å². The highest BCUT2D eigenvalue weighted by atomic mass is 35.5. The summed E-state index contributed by atoms with van der Waals surface area (Å²) in [4.78, 5) is 12.4. The van der Waals surface area contributed by atoms with E-state index in [4.69, 9.17) is 34.7 Å². The normalized spacial score (nSPS) is 13.4. The van der Waals surface area contributed by atoms with Crippen molar-refractivity contribution in [3.8, 4) is 0 Å². The number of benzene rings is 2. The smallest absolute Gasteiger partial charge is 0.244 e. The Labute approximate surface area is 143 Å². The van der Waals surface area contributed by atoms with Gasteiger partial charge in [0.2, 0.25) is 5.91 Å². The van der Waals surface area contributed by atoms with Crippen LogP contribution < -0.4 is 16.8 Å². The summed E-state index contributed by atoms with van der Waals surface area (Å²) >= 11 is 11.4. The average Bonchev–Trinajstić information content (AvgIpc) is 2.47. The van der Waals surface area contributed by atoms with Gasteiger partial charge in [-0.2, -0.15) is 0 Å². The third kappa shape index (κ3) is 4.34. The summed E-state index contributed by atoms with van der Waals surface area (Å²) in [5, 5.41) is 2.25. The maximum Gasteiger partial charge on any atom is 0.244 e. The second kappa shape index (κ2) is 6.74. The van der Waals surface area contributed by atoms with Gasteiger partial charge in [-0.1, -0.05) is 35.3 Å². The monoisotopic (exact) mass is 355 g/mol. The first-order valence-electron chi connectivity index (χ1n) is 6.78. The first kappa shape index (κ1) is 17.5. The predicted octanol–water partition coefficient (Wildman–Crippen LogP) is 3.61. The van der Waals surface area contributed by atoms with Crippen LogP contribution in [0.4, 0.5) is 15.8 Å². The predicted molar refractivity (Wildman–Crippen MR) is 92.2 cm³/mol. The molecule has 4 nitrogen and oxygen atoms in total. The second-order valence-corrected chi connectivity index (χ2v) is 6.36. The molecule has 0 radical (unpaired) electrons. The van der Waals surface area contributed by atoms with Crippen molar-refractivity contribution in [2.75, 3.05) is 11.1 Å². The van der Waals surface area contributed by atoms with Gasteiger partial charge in [0.25, 0.3) is 0 Å². The third-order valence-electron chi connectivity index (χ3n) is 3.31. The molecule has 2 aromatic rings. The van der Waals surface area contributed by atoms with E-state index in [1.54, 1.807) is 31.2 Å². The minimum atomic E-state index is -1.18. The summed E-state index contributed by atoms with van der Waals surface area (Å²) in [6.45, 7) is 1.60. The lowest BCUT2D eigenvalue weighted by atomic mass is 9.92. The van der Waals surface area contributed by atoms with Gasteiger partial charge >= 0.3 is 0 Å². The molecular weight excluding hydrogens is 340 g/mol. The molecule has 2 rings (SSSR count). The van der Waals surface area contributed by atoms with Crippen LogP contribution in [0.15, 0.2) is 36.4 Å². The van der Waals surface area contributed by atoms with E-state index in [9.17, 15) is 9.18 Å². The second-order valence-electron chi connectivity index (χ2n) is 5.54. The quantitative estimate of drug-likeness (QED) is 0.578. The van der Waals surface area contributed by atoms with E-state index in [0.717, 1.165) is 5.56 Å². The molecule has 0 fully saturated rings. The van der Waals surface area contributed by atoms with Crippen molar-refractivity contribution in [1.29, 1.82) is 0 Å². The molecule has 0 bridgehead atoms. The molecule has 2 aromatic carbocycles. The van der Waals surface area contributed by atoms with Crippen LogP contribution in [0.5, 0.6) is 0 Å². The van der Waals surface area contributed by atoms with Gasteiger partial charge in [0.05, 0.1) is 15.6 Å². The highest BCUT2D eigenvalue weighted by molar-refractivity contribution is 6.35.